The Balaban J connectivity index is 1.67. The maximum absolute atomic E-state index is 12.4. The van der Waals surface area contributed by atoms with E-state index in [0.29, 0.717) is 16.1 Å². The number of halogens is 1. The van der Waals surface area contributed by atoms with Gasteiger partial charge in [-0.25, -0.2) is 0 Å². The van der Waals surface area contributed by atoms with E-state index in [2.05, 4.69) is 12.1 Å². The molecule has 3 aromatic rings. The van der Waals surface area contributed by atoms with E-state index in [-0.39, 0.29) is 5.78 Å². The Labute approximate surface area is 145 Å². The molecule has 114 valence electrons. The van der Waals surface area contributed by atoms with Crippen molar-refractivity contribution in [1.82, 2.24) is 0 Å². The molecule has 0 fully saturated rings. The molecule has 3 rings (SSSR count). The van der Waals surface area contributed by atoms with Crippen molar-refractivity contribution in [1.29, 1.82) is 0 Å². The molecule has 0 N–H and O–H groups in total. The van der Waals surface area contributed by atoms with Gasteiger partial charge < -0.3 is 0 Å². The largest absolute Gasteiger partial charge is 0.289 e. The number of hydrogen-bond donors (Lipinski definition) is 0. The van der Waals surface area contributed by atoms with Gasteiger partial charge in [0.25, 0.3) is 0 Å². The molecular formula is C20H15ClOS. The Morgan fingerprint density at radius 2 is 1.35 bits per heavy atom. The van der Waals surface area contributed by atoms with Gasteiger partial charge in [-0.1, -0.05) is 54.1 Å². The number of carbonyl (C=O) groups is 1. The standard InChI is InChI=1S/C20H15ClOS/c21-18-12-10-17(11-13-18)20(22)16-8-6-15(7-9-16)14-23-19-4-2-1-3-5-19/h1-13H,14H2. The smallest absolute Gasteiger partial charge is 0.193 e. The lowest BCUT2D eigenvalue weighted by molar-refractivity contribution is 0.103. The van der Waals surface area contributed by atoms with Gasteiger partial charge in [-0.15, -0.1) is 11.8 Å². The average molecular weight is 339 g/mol. The zero-order chi connectivity index (χ0) is 16.1. The lowest BCUT2D eigenvalue weighted by Crippen LogP contribution is -2.00. The number of hydrogen-bond acceptors (Lipinski definition) is 2. The van der Waals surface area contributed by atoms with Gasteiger partial charge in [0.2, 0.25) is 0 Å². The molecule has 3 heteroatoms. The normalized spacial score (nSPS) is 10.5. The van der Waals surface area contributed by atoms with E-state index in [0.717, 1.165) is 5.75 Å². The van der Waals surface area contributed by atoms with Crippen molar-refractivity contribution in [3.05, 3.63) is 101 Å². The molecule has 0 aliphatic rings. The van der Waals surface area contributed by atoms with E-state index in [9.17, 15) is 4.79 Å². The van der Waals surface area contributed by atoms with E-state index in [4.69, 9.17) is 11.6 Å². The van der Waals surface area contributed by atoms with Crippen molar-refractivity contribution in [2.24, 2.45) is 0 Å². The van der Waals surface area contributed by atoms with Crippen LogP contribution >= 0.6 is 23.4 Å². The second-order valence-electron chi connectivity index (χ2n) is 5.13. The molecule has 1 nitrogen and oxygen atoms in total. The van der Waals surface area contributed by atoms with Gasteiger partial charge in [0, 0.05) is 26.8 Å². The predicted molar refractivity (Wildman–Crippen MR) is 97.3 cm³/mol. The summed E-state index contributed by atoms with van der Waals surface area (Å²) in [5.74, 6) is 0.906. The maximum atomic E-state index is 12.4. The highest BCUT2D eigenvalue weighted by Crippen LogP contribution is 2.23. The van der Waals surface area contributed by atoms with Crippen molar-refractivity contribution >= 4 is 29.1 Å². The predicted octanol–water partition coefficient (Wildman–Crippen LogP) is 5.86. The van der Waals surface area contributed by atoms with Crippen molar-refractivity contribution in [2.45, 2.75) is 10.6 Å². The number of thioether (sulfide) groups is 1. The van der Waals surface area contributed by atoms with Crippen LogP contribution < -0.4 is 0 Å². The van der Waals surface area contributed by atoms with Gasteiger partial charge in [0.15, 0.2) is 5.78 Å². The van der Waals surface area contributed by atoms with Gasteiger partial charge in [-0.05, 0) is 42.0 Å². The number of ketones is 1. The minimum Gasteiger partial charge on any atom is -0.289 e. The minimum absolute atomic E-state index is 0.0175. The Morgan fingerprint density at radius 3 is 1.96 bits per heavy atom. The van der Waals surface area contributed by atoms with Crippen LogP contribution in [0.1, 0.15) is 21.5 Å². The second-order valence-corrected chi connectivity index (χ2v) is 6.62. The highest BCUT2D eigenvalue weighted by atomic mass is 35.5. The number of carbonyl (C=O) groups excluding carboxylic acids is 1. The monoisotopic (exact) mass is 338 g/mol. The lowest BCUT2D eigenvalue weighted by Gasteiger charge is -2.05. The third-order valence-corrected chi connectivity index (χ3v) is 4.81. The third kappa shape index (κ3) is 4.25. The third-order valence-electron chi connectivity index (χ3n) is 3.47. The average Bonchev–Trinajstić information content (AvgIpc) is 2.61. The summed E-state index contributed by atoms with van der Waals surface area (Å²) in [5.41, 5.74) is 2.55. The number of benzene rings is 3. The van der Waals surface area contributed by atoms with Gasteiger partial charge >= 0.3 is 0 Å². The molecule has 23 heavy (non-hydrogen) atoms. The Bertz CT molecular complexity index is 780. The quantitative estimate of drug-likeness (QED) is 0.428. The zero-order valence-corrected chi connectivity index (χ0v) is 14.0. The van der Waals surface area contributed by atoms with Gasteiger partial charge in [0.05, 0.1) is 0 Å². The summed E-state index contributed by atoms with van der Waals surface area (Å²) in [7, 11) is 0. The first-order valence-corrected chi connectivity index (χ1v) is 8.66. The van der Waals surface area contributed by atoms with Crippen molar-refractivity contribution < 1.29 is 4.79 Å². The summed E-state index contributed by atoms with van der Waals surface area (Å²) in [6.07, 6.45) is 0. The molecule has 3 aromatic carbocycles. The van der Waals surface area contributed by atoms with Crippen LogP contribution in [0.25, 0.3) is 0 Å². The Kier molecular flexibility index (Phi) is 5.16. The topological polar surface area (TPSA) is 17.1 Å². The van der Waals surface area contributed by atoms with Crippen LogP contribution in [-0.2, 0) is 5.75 Å². The molecule has 0 amide bonds. The first-order valence-electron chi connectivity index (χ1n) is 7.29. The second kappa shape index (κ2) is 7.49. The highest BCUT2D eigenvalue weighted by molar-refractivity contribution is 7.98. The summed E-state index contributed by atoms with van der Waals surface area (Å²) in [6, 6.07) is 25.1. The van der Waals surface area contributed by atoms with Crippen molar-refractivity contribution in [2.75, 3.05) is 0 Å². The summed E-state index contributed by atoms with van der Waals surface area (Å²) in [4.78, 5) is 13.6. The van der Waals surface area contributed by atoms with Crippen LogP contribution in [0.5, 0.6) is 0 Å². The summed E-state index contributed by atoms with van der Waals surface area (Å²) in [5, 5.41) is 0.634. The lowest BCUT2D eigenvalue weighted by atomic mass is 10.0. The molecule has 0 spiro atoms. The summed E-state index contributed by atoms with van der Waals surface area (Å²) in [6.45, 7) is 0. The highest BCUT2D eigenvalue weighted by Gasteiger charge is 2.08. The van der Waals surface area contributed by atoms with Crippen LogP contribution in [0.15, 0.2) is 83.8 Å². The molecule has 0 aliphatic heterocycles. The fourth-order valence-corrected chi connectivity index (χ4v) is 3.21. The van der Waals surface area contributed by atoms with Crippen molar-refractivity contribution in [3.63, 3.8) is 0 Å². The SMILES string of the molecule is O=C(c1ccc(Cl)cc1)c1ccc(CSc2ccccc2)cc1. The fourth-order valence-electron chi connectivity index (χ4n) is 2.20. The maximum Gasteiger partial charge on any atom is 0.193 e. The Hall–Kier alpha value is -2.03. The molecule has 0 radical (unpaired) electrons. The molecule has 0 aliphatic carbocycles. The first kappa shape index (κ1) is 15.9. The van der Waals surface area contributed by atoms with Crippen molar-refractivity contribution in [3.8, 4) is 0 Å². The van der Waals surface area contributed by atoms with Gasteiger partial charge in [0.1, 0.15) is 0 Å². The van der Waals surface area contributed by atoms with Crippen LogP contribution in [0.2, 0.25) is 5.02 Å². The van der Waals surface area contributed by atoms with Crippen LogP contribution in [0.3, 0.4) is 0 Å². The molecule has 0 atom stereocenters. The van der Waals surface area contributed by atoms with Gasteiger partial charge in [-0.3, -0.25) is 4.79 Å². The van der Waals surface area contributed by atoms with Crippen LogP contribution in [-0.4, -0.2) is 5.78 Å². The van der Waals surface area contributed by atoms with E-state index in [1.807, 2.05) is 42.5 Å². The number of rotatable bonds is 5. The summed E-state index contributed by atoms with van der Waals surface area (Å²) >= 11 is 7.64. The zero-order valence-electron chi connectivity index (χ0n) is 12.4. The van der Waals surface area contributed by atoms with Crippen LogP contribution in [0.4, 0.5) is 0 Å². The molecule has 0 saturated heterocycles. The van der Waals surface area contributed by atoms with E-state index >= 15 is 0 Å². The molecule has 0 heterocycles. The van der Waals surface area contributed by atoms with E-state index in [1.165, 1.54) is 10.5 Å². The van der Waals surface area contributed by atoms with E-state index < -0.39 is 0 Å². The molecule has 0 unspecified atom stereocenters. The molecule has 0 aromatic heterocycles. The fraction of sp³-hybridized carbons (Fsp3) is 0.0500. The molecule has 0 saturated carbocycles. The molecular weight excluding hydrogens is 324 g/mol. The molecule has 0 bridgehead atoms. The van der Waals surface area contributed by atoms with Gasteiger partial charge in [-0.2, -0.15) is 0 Å². The van der Waals surface area contributed by atoms with E-state index in [1.54, 1.807) is 36.0 Å². The minimum atomic E-state index is 0.0175. The Morgan fingerprint density at radius 1 is 0.783 bits per heavy atom. The summed E-state index contributed by atoms with van der Waals surface area (Å²) < 4.78 is 0. The first-order chi connectivity index (χ1) is 11.2. The van der Waals surface area contributed by atoms with Crippen LogP contribution in [0, 0.1) is 0 Å².